The molecule has 0 radical (unpaired) electrons. The number of amides is 3. The predicted molar refractivity (Wildman–Crippen MR) is 138 cm³/mol. The van der Waals surface area contributed by atoms with Gasteiger partial charge in [0.2, 0.25) is 11.8 Å². The van der Waals surface area contributed by atoms with Gasteiger partial charge in [0.1, 0.15) is 6.04 Å². The summed E-state index contributed by atoms with van der Waals surface area (Å²) < 4.78 is 0. The summed E-state index contributed by atoms with van der Waals surface area (Å²) >= 11 is 0. The van der Waals surface area contributed by atoms with E-state index in [9.17, 15) is 14.4 Å². The smallest absolute Gasteiger partial charge is 0.254 e. The number of rotatable bonds is 6. The highest BCUT2D eigenvalue weighted by molar-refractivity contribution is 5.98. The highest BCUT2D eigenvalue weighted by Crippen LogP contribution is 2.30. The van der Waals surface area contributed by atoms with Crippen LogP contribution in [0.4, 0.5) is 0 Å². The summed E-state index contributed by atoms with van der Waals surface area (Å²) in [5.41, 5.74) is 7.97. The molecule has 1 saturated heterocycles. The fourth-order valence-corrected chi connectivity index (χ4v) is 5.69. The molecule has 3 aromatic rings. The number of hydrogen-bond donors (Lipinski definition) is 3. The number of carbonyl (C=O) groups is 3. The van der Waals surface area contributed by atoms with E-state index in [1.54, 1.807) is 12.1 Å². The Bertz CT molecular complexity index is 1230. The molecule has 4 N–H and O–H groups in total. The molecule has 0 spiro atoms. The molecule has 3 atom stereocenters. The van der Waals surface area contributed by atoms with Gasteiger partial charge in [-0.25, -0.2) is 0 Å². The van der Waals surface area contributed by atoms with Crippen molar-refractivity contribution in [2.75, 3.05) is 26.2 Å². The van der Waals surface area contributed by atoms with Gasteiger partial charge in [0, 0.05) is 49.5 Å². The zero-order valence-corrected chi connectivity index (χ0v) is 20.4. The lowest BCUT2D eigenvalue weighted by Crippen LogP contribution is -2.56. The lowest BCUT2D eigenvalue weighted by Gasteiger charge is -2.44. The van der Waals surface area contributed by atoms with Crippen molar-refractivity contribution in [1.29, 1.82) is 0 Å². The number of benzene rings is 2. The van der Waals surface area contributed by atoms with Gasteiger partial charge in [-0.3, -0.25) is 19.3 Å². The van der Waals surface area contributed by atoms with E-state index >= 15 is 0 Å². The number of H-pyrrole nitrogens is 1. The number of fused-ring (bicyclic) bond motifs is 1. The molecular weight excluding hydrogens is 454 g/mol. The number of aromatic amines is 1. The fourth-order valence-electron chi connectivity index (χ4n) is 5.69. The van der Waals surface area contributed by atoms with Crippen LogP contribution in [0.3, 0.4) is 0 Å². The van der Waals surface area contributed by atoms with Crippen molar-refractivity contribution in [1.82, 2.24) is 20.1 Å². The van der Waals surface area contributed by atoms with E-state index in [0.29, 0.717) is 24.2 Å². The quantitative estimate of drug-likeness (QED) is 0.496. The Hall–Kier alpha value is -3.65. The molecule has 188 valence electrons. The van der Waals surface area contributed by atoms with Crippen LogP contribution in [0, 0.1) is 5.92 Å². The van der Waals surface area contributed by atoms with Crippen LogP contribution in [-0.2, 0) is 9.59 Å². The minimum absolute atomic E-state index is 0.0382. The van der Waals surface area contributed by atoms with E-state index in [1.165, 1.54) is 0 Å². The first-order chi connectivity index (χ1) is 17.5. The molecular formula is C28H33N5O3. The second kappa shape index (κ2) is 10.5. The van der Waals surface area contributed by atoms with Crippen LogP contribution >= 0.6 is 0 Å². The molecule has 5 rings (SSSR count). The zero-order valence-electron chi connectivity index (χ0n) is 20.4. The van der Waals surface area contributed by atoms with Crippen molar-refractivity contribution in [3.63, 3.8) is 0 Å². The van der Waals surface area contributed by atoms with E-state index in [-0.39, 0.29) is 23.8 Å². The molecule has 1 aliphatic carbocycles. The van der Waals surface area contributed by atoms with Gasteiger partial charge in [0.05, 0.1) is 5.92 Å². The Morgan fingerprint density at radius 2 is 1.69 bits per heavy atom. The molecule has 8 heteroatoms. The standard InChI is InChI=1S/C28H33N5O3/c29-26(34)25(20-6-2-1-3-7-20)31-27(35)22-8-4-5-9-24(22)32-14-16-33(17-15-32)28(36)21-11-10-19-12-13-30-23(19)18-21/h1-3,6-7,10-13,18,22,24-25,30H,4-5,8-9,14-17H2,(H2,29,34)(H,31,35)/t22-,24-,25+/m1/s1. The maximum Gasteiger partial charge on any atom is 0.254 e. The molecule has 1 saturated carbocycles. The lowest BCUT2D eigenvalue weighted by atomic mass is 9.82. The first-order valence-electron chi connectivity index (χ1n) is 12.8. The zero-order chi connectivity index (χ0) is 25.1. The van der Waals surface area contributed by atoms with Gasteiger partial charge in [-0.05, 0) is 42.0 Å². The Kier molecular flexibility index (Phi) is 7.04. The van der Waals surface area contributed by atoms with Gasteiger partial charge in [-0.1, -0.05) is 49.2 Å². The largest absolute Gasteiger partial charge is 0.368 e. The number of hydrogen-bond acceptors (Lipinski definition) is 4. The molecule has 2 aromatic carbocycles. The third-order valence-corrected chi connectivity index (χ3v) is 7.64. The summed E-state index contributed by atoms with van der Waals surface area (Å²) in [6.07, 6.45) is 5.65. The van der Waals surface area contributed by atoms with Gasteiger partial charge in [0.25, 0.3) is 5.91 Å². The van der Waals surface area contributed by atoms with E-state index in [2.05, 4.69) is 15.2 Å². The van der Waals surface area contributed by atoms with Crippen LogP contribution in [0.25, 0.3) is 10.9 Å². The third-order valence-electron chi connectivity index (χ3n) is 7.64. The van der Waals surface area contributed by atoms with Gasteiger partial charge in [0.15, 0.2) is 0 Å². The van der Waals surface area contributed by atoms with Crippen LogP contribution in [0.15, 0.2) is 60.8 Å². The predicted octanol–water partition coefficient (Wildman–Crippen LogP) is 2.83. The van der Waals surface area contributed by atoms with Crippen LogP contribution in [0.2, 0.25) is 0 Å². The number of aromatic nitrogens is 1. The Morgan fingerprint density at radius 3 is 2.44 bits per heavy atom. The molecule has 2 fully saturated rings. The maximum atomic E-state index is 13.4. The molecule has 36 heavy (non-hydrogen) atoms. The molecule has 3 amide bonds. The van der Waals surface area contributed by atoms with Crippen molar-refractivity contribution in [2.24, 2.45) is 11.7 Å². The van der Waals surface area contributed by atoms with Gasteiger partial charge < -0.3 is 20.9 Å². The van der Waals surface area contributed by atoms with Crippen LogP contribution in [0.1, 0.15) is 47.6 Å². The van der Waals surface area contributed by atoms with Crippen LogP contribution in [0.5, 0.6) is 0 Å². The number of carbonyl (C=O) groups excluding carboxylic acids is 3. The van der Waals surface area contributed by atoms with Crippen molar-refractivity contribution in [3.8, 4) is 0 Å². The van der Waals surface area contributed by atoms with Crippen molar-refractivity contribution >= 4 is 28.6 Å². The van der Waals surface area contributed by atoms with E-state index < -0.39 is 11.9 Å². The summed E-state index contributed by atoms with van der Waals surface area (Å²) in [5.74, 6) is -0.852. The Labute approximate surface area is 210 Å². The Balaban J connectivity index is 1.23. The van der Waals surface area contributed by atoms with Crippen LogP contribution < -0.4 is 11.1 Å². The summed E-state index contributed by atoms with van der Waals surface area (Å²) in [7, 11) is 0. The fraction of sp³-hybridized carbons (Fsp3) is 0.393. The topological polar surface area (TPSA) is 112 Å². The first kappa shape index (κ1) is 24.1. The number of nitrogens with zero attached hydrogens (tertiary/aromatic N) is 2. The summed E-state index contributed by atoms with van der Waals surface area (Å²) in [5, 5.41) is 4.01. The lowest BCUT2D eigenvalue weighted by molar-refractivity contribution is -0.133. The SMILES string of the molecule is NC(=O)[C@@H](NC(=O)[C@@H]1CCCC[C@H]1N1CCN(C(=O)c2ccc3cc[nH]c3c2)CC1)c1ccccc1. The molecule has 8 nitrogen and oxygen atoms in total. The monoisotopic (exact) mass is 487 g/mol. The number of primary amides is 1. The molecule has 2 aliphatic rings. The average Bonchev–Trinajstić information content (AvgIpc) is 3.40. The van der Waals surface area contributed by atoms with E-state index in [4.69, 9.17) is 5.73 Å². The van der Waals surface area contributed by atoms with Gasteiger partial charge in [-0.15, -0.1) is 0 Å². The minimum atomic E-state index is -0.840. The highest BCUT2D eigenvalue weighted by Gasteiger charge is 2.38. The molecule has 0 bridgehead atoms. The number of piperazine rings is 1. The van der Waals surface area contributed by atoms with Crippen LogP contribution in [-0.4, -0.2) is 64.7 Å². The summed E-state index contributed by atoms with van der Waals surface area (Å²) in [4.78, 5) is 46.0. The van der Waals surface area contributed by atoms with Crippen molar-refractivity contribution in [2.45, 2.75) is 37.8 Å². The number of nitrogens with one attached hydrogen (secondary N) is 2. The molecule has 2 heterocycles. The first-order valence-corrected chi connectivity index (χ1v) is 12.8. The average molecular weight is 488 g/mol. The van der Waals surface area contributed by atoms with Gasteiger partial charge >= 0.3 is 0 Å². The minimum Gasteiger partial charge on any atom is -0.368 e. The van der Waals surface area contributed by atoms with Crippen molar-refractivity contribution in [3.05, 3.63) is 71.9 Å². The maximum absolute atomic E-state index is 13.4. The van der Waals surface area contributed by atoms with E-state index in [0.717, 1.165) is 49.7 Å². The van der Waals surface area contributed by atoms with E-state index in [1.807, 2.05) is 53.6 Å². The Morgan fingerprint density at radius 1 is 0.944 bits per heavy atom. The summed E-state index contributed by atoms with van der Waals surface area (Å²) in [6, 6.07) is 16.1. The molecule has 1 aromatic heterocycles. The van der Waals surface area contributed by atoms with Crippen molar-refractivity contribution < 1.29 is 14.4 Å². The molecule has 0 unspecified atom stereocenters. The normalized spacial score (nSPS) is 21.7. The number of nitrogens with two attached hydrogens (primary N) is 1. The third kappa shape index (κ3) is 4.99. The summed E-state index contributed by atoms with van der Waals surface area (Å²) in [6.45, 7) is 2.70. The van der Waals surface area contributed by atoms with Gasteiger partial charge in [-0.2, -0.15) is 0 Å². The molecule has 1 aliphatic heterocycles. The second-order valence-electron chi connectivity index (χ2n) is 9.82. The second-order valence-corrected chi connectivity index (χ2v) is 9.82. The highest BCUT2D eigenvalue weighted by atomic mass is 16.2.